The zero-order valence-corrected chi connectivity index (χ0v) is 11.8. The Hall–Kier alpha value is -0.870. The van der Waals surface area contributed by atoms with Gasteiger partial charge >= 0.3 is 11.4 Å². The van der Waals surface area contributed by atoms with Crippen LogP contribution < -0.4 is 4.18 Å². The molecule has 0 aliphatic carbocycles. The lowest BCUT2D eigenvalue weighted by molar-refractivity contribution is 0.299. The maximum Gasteiger partial charge on any atom is 0.360 e. The smallest absolute Gasteiger partial charge is 0.360 e. The van der Waals surface area contributed by atoms with Crippen LogP contribution in [0.4, 0.5) is 0 Å². The molecule has 102 valence electrons. The van der Waals surface area contributed by atoms with Crippen LogP contribution in [0, 0.1) is 0 Å². The highest BCUT2D eigenvalue weighted by Crippen LogP contribution is 2.11. The van der Waals surface area contributed by atoms with Gasteiger partial charge in [-0.1, -0.05) is 57.2 Å². The van der Waals surface area contributed by atoms with E-state index in [1.165, 1.54) is 25.7 Å². The third-order valence-electron chi connectivity index (χ3n) is 2.58. The van der Waals surface area contributed by atoms with Crippen LogP contribution in [0.3, 0.4) is 0 Å². The van der Waals surface area contributed by atoms with Crippen molar-refractivity contribution in [2.45, 2.75) is 45.4 Å². The average molecular weight is 270 g/mol. The molecule has 0 aromatic heterocycles. The summed E-state index contributed by atoms with van der Waals surface area (Å²) in [6, 6.07) is 9.06. The van der Waals surface area contributed by atoms with Gasteiger partial charge in [0.25, 0.3) is 0 Å². The van der Waals surface area contributed by atoms with Gasteiger partial charge in [-0.3, -0.25) is 4.18 Å². The maximum absolute atomic E-state index is 11.4. The zero-order chi connectivity index (χ0) is 13.1. The van der Waals surface area contributed by atoms with Crippen molar-refractivity contribution in [2.24, 2.45) is 0 Å². The standard InChI is InChI=1S/C14H22O3S/c1-2-3-4-5-6-10-13-16-18(15)17-14-11-8-7-9-12-14/h7-9,11-12H,2-6,10,13H2,1H3. The number of unbranched alkanes of at least 4 members (excludes halogenated alkanes) is 5. The Morgan fingerprint density at radius 2 is 1.67 bits per heavy atom. The van der Waals surface area contributed by atoms with E-state index in [-0.39, 0.29) is 0 Å². The van der Waals surface area contributed by atoms with E-state index in [0.29, 0.717) is 12.4 Å². The first-order valence-electron chi connectivity index (χ1n) is 6.61. The fourth-order valence-corrected chi connectivity index (χ4v) is 2.16. The van der Waals surface area contributed by atoms with Crippen LogP contribution in [0.1, 0.15) is 45.4 Å². The molecule has 1 atom stereocenters. The summed E-state index contributed by atoms with van der Waals surface area (Å²) in [5, 5.41) is 0. The molecule has 1 aromatic rings. The minimum atomic E-state index is -1.68. The molecule has 0 amide bonds. The fraction of sp³-hybridized carbons (Fsp3) is 0.571. The Labute approximate surface area is 112 Å². The zero-order valence-electron chi connectivity index (χ0n) is 11.0. The summed E-state index contributed by atoms with van der Waals surface area (Å²) >= 11 is -1.68. The second-order valence-corrected chi connectivity index (χ2v) is 5.00. The van der Waals surface area contributed by atoms with E-state index >= 15 is 0 Å². The molecule has 0 N–H and O–H groups in total. The molecule has 18 heavy (non-hydrogen) atoms. The molecule has 0 saturated heterocycles. The van der Waals surface area contributed by atoms with Crippen molar-refractivity contribution >= 4 is 11.4 Å². The van der Waals surface area contributed by atoms with Gasteiger partial charge < -0.3 is 4.18 Å². The van der Waals surface area contributed by atoms with E-state index in [2.05, 4.69) is 6.92 Å². The van der Waals surface area contributed by atoms with Gasteiger partial charge in [-0.25, -0.2) is 0 Å². The second kappa shape index (κ2) is 10.1. The Morgan fingerprint density at radius 3 is 2.39 bits per heavy atom. The van der Waals surface area contributed by atoms with Crippen molar-refractivity contribution < 1.29 is 12.6 Å². The van der Waals surface area contributed by atoms with Crippen molar-refractivity contribution in [1.82, 2.24) is 0 Å². The van der Waals surface area contributed by atoms with E-state index in [9.17, 15) is 4.21 Å². The molecule has 1 unspecified atom stereocenters. The molecule has 1 rings (SSSR count). The first-order chi connectivity index (χ1) is 8.83. The Bertz CT molecular complexity index is 327. The second-order valence-electron chi connectivity index (χ2n) is 4.19. The molecule has 0 heterocycles. The van der Waals surface area contributed by atoms with Crippen LogP contribution in [-0.2, 0) is 15.5 Å². The molecular weight excluding hydrogens is 248 g/mol. The largest absolute Gasteiger partial charge is 0.380 e. The van der Waals surface area contributed by atoms with Crippen molar-refractivity contribution in [3.05, 3.63) is 30.3 Å². The highest BCUT2D eigenvalue weighted by atomic mass is 32.2. The third-order valence-corrected chi connectivity index (χ3v) is 3.27. The van der Waals surface area contributed by atoms with Crippen LogP contribution in [0.5, 0.6) is 5.75 Å². The molecule has 1 aromatic carbocycles. The van der Waals surface area contributed by atoms with Crippen molar-refractivity contribution in [1.29, 1.82) is 0 Å². The van der Waals surface area contributed by atoms with Gasteiger partial charge in [0.15, 0.2) is 0 Å². The van der Waals surface area contributed by atoms with Crippen LogP contribution >= 0.6 is 0 Å². The van der Waals surface area contributed by atoms with Gasteiger partial charge in [0.1, 0.15) is 5.75 Å². The summed E-state index contributed by atoms with van der Waals surface area (Å²) in [6.45, 7) is 2.69. The Morgan fingerprint density at radius 1 is 1.00 bits per heavy atom. The summed E-state index contributed by atoms with van der Waals surface area (Å²) in [5.41, 5.74) is 0. The van der Waals surface area contributed by atoms with E-state index in [0.717, 1.165) is 12.8 Å². The minimum absolute atomic E-state index is 0.492. The molecule has 0 fully saturated rings. The lowest BCUT2D eigenvalue weighted by Crippen LogP contribution is -2.06. The third kappa shape index (κ3) is 7.45. The molecule has 0 aliphatic rings. The van der Waals surface area contributed by atoms with Gasteiger partial charge in [0.05, 0.1) is 6.61 Å². The predicted molar refractivity (Wildman–Crippen MR) is 74.5 cm³/mol. The Kier molecular flexibility index (Phi) is 8.51. The lowest BCUT2D eigenvalue weighted by atomic mass is 10.1. The molecule has 4 heteroatoms. The van der Waals surface area contributed by atoms with Gasteiger partial charge in [0.2, 0.25) is 0 Å². The van der Waals surface area contributed by atoms with E-state index in [4.69, 9.17) is 8.37 Å². The van der Waals surface area contributed by atoms with Gasteiger partial charge in [-0.2, -0.15) is 4.21 Å². The van der Waals surface area contributed by atoms with Crippen LogP contribution in [0.15, 0.2) is 30.3 Å². The Balaban J connectivity index is 2.00. The molecule has 0 spiro atoms. The quantitative estimate of drug-likeness (QED) is 0.602. The first kappa shape index (κ1) is 15.2. The van der Waals surface area contributed by atoms with E-state index in [1.807, 2.05) is 18.2 Å². The van der Waals surface area contributed by atoms with Gasteiger partial charge in [-0.05, 0) is 18.6 Å². The summed E-state index contributed by atoms with van der Waals surface area (Å²) in [6.07, 6.45) is 7.12. The molecular formula is C14H22O3S. The molecule has 0 saturated carbocycles. The fourth-order valence-electron chi connectivity index (χ4n) is 1.59. The number of hydrogen-bond acceptors (Lipinski definition) is 3. The van der Waals surface area contributed by atoms with E-state index in [1.54, 1.807) is 12.1 Å². The van der Waals surface area contributed by atoms with Crippen molar-refractivity contribution in [2.75, 3.05) is 6.61 Å². The van der Waals surface area contributed by atoms with E-state index < -0.39 is 11.4 Å². The number of para-hydroxylation sites is 1. The van der Waals surface area contributed by atoms with Crippen LogP contribution in [-0.4, -0.2) is 10.8 Å². The summed E-state index contributed by atoms with van der Waals surface area (Å²) in [4.78, 5) is 0. The minimum Gasteiger partial charge on any atom is -0.380 e. The van der Waals surface area contributed by atoms with Crippen molar-refractivity contribution in [3.63, 3.8) is 0 Å². The van der Waals surface area contributed by atoms with Crippen molar-refractivity contribution in [3.8, 4) is 5.75 Å². The normalized spacial score (nSPS) is 12.3. The number of hydrogen-bond donors (Lipinski definition) is 0. The van der Waals surface area contributed by atoms with Gasteiger partial charge in [-0.15, -0.1) is 0 Å². The van der Waals surface area contributed by atoms with Gasteiger partial charge in [0, 0.05) is 0 Å². The topological polar surface area (TPSA) is 35.5 Å². The summed E-state index contributed by atoms with van der Waals surface area (Å²) in [7, 11) is 0. The highest BCUT2D eigenvalue weighted by Gasteiger charge is 2.02. The molecule has 0 bridgehead atoms. The molecule has 0 radical (unpaired) electrons. The van der Waals surface area contributed by atoms with Crippen LogP contribution in [0.25, 0.3) is 0 Å². The molecule has 3 nitrogen and oxygen atoms in total. The highest BCUT2D eigenvalue weighted by molar-refractivity contribution is 7.75. The number of benzene rings is 1. The number of rotatable bonds is 10. The predicted octanol–water partition coefficient (Wildman–Crippen LogP) is 4.02. The first-order valence-corrected chi connectivity index (χ1v) is 7.61. The lowest BCUT2D eigenvalue weighted by Gasteiger charge is -2.04. The average Bonchev–Trinajstić information content (AvgIpc) is 2.39. The van der Waals surface area contributed by atoms with Crippen LogP contribution in [0.2, 0.25) is 0 Å². The monoisotopic (exact) mass is 270 g/mol. The summed E-state index contributed by atoms with van der Waals surface area (Å²) in [5.74, 6) is 0.568. The molecule has 0 aliphatic heterocycles. The summed E-state index contributed by atoms with van der Waals surface area (Å²) < 4.78 is 21.6. The maximum atomic E-state index is 11.4. The SMILES string of the molecule is CCCCCCCCOS(=O)Oc1ccccc1.